The number of rotatable bonds is 6. The van der Waals surface area contributed by atoms with E-state index in [1.807, 2.05) is 0 Å². The van der Waals surface area contributed by atoms with E-state index in [0.29, 0.717) is 12.4 Å². The first-order chi connectivity index (χ1) is 6.04. The molecule has 3 nitrogen and oxygen atoms in total. The molecule has 0 spiro atoms. The third kappa shape index (κ3) is 3.44. The molecule has 0 radical (unpaired) electrons. The van der Waals surface area contributed by atoms with Gasteiger partial charge in [0.2, 0.25) is 0 Å². The SMILES string of the molecule is CCS(=O)(=O)CCNC1(CCl)CC1. The van der Waals surface area contributed by atoms with Crippen LogP contribution in [-0.2, 0) is 9.84 Å². The van der Waals surface area contributed by atoms with E-state index in [2.05, 4.69) is 5.32 Å². The predicted octanol–water partition coefficient (Wildman–Crippen LogP) is 0.782. The summed E-state index contributed by atoms with van der Waals surface area (Å²) in [6.07, 6.45) is 2.14. The fourth-order valence-corrected chi connectivity index (χ4v) is 2.19. The average molecular weight is 226 g/mol. The highest BCUT2D eigenvalue weighted by Crippen LogP contribution is 2.35. The zero-order chi connectivity index (χ0) is 9.95. The minimum atomic E-state index is -2.83. The number of halogens is 1. The minimum absolute atomic E-state index is 0.0603. The van der Waals surface area contributed by atoms with Gasteiger partial charge >= 0.3 is 0 Å². The summed E-state index contributed by atoms with van der Waals surface area (Å²) < 4.78 is 22.2. The van der Waals surface area contributed by atoms with Gasteiger partial charge < -0.3 is 5.32 Å². The third-order valence-electron chi connectivity index (χ3n) is 2.46. The Morgan fingerprint density at radius 3 is 2.46 bits per heavy atom. The smallest absolute Gasteiger partial charge is 0.151 e. The number of hydrogen-bond acceptors (Lipinski definition) is 3. The van der Waals surface area contributed by atoms with Crippen molar-refractivity contribution in [3.8, 4) is 0 Å². The average Bonchev–Trinajstić information content (AvgIpc) is 2.85. The summed E-state index contributed by atoms with van der Waals surface area (Å²) in [5, 5.41) is 3.20. The van der Waals surface area contributed by atoms with Crippen LogP contribution < -0.4 is 5.32 Å². The molecule has 1 aliphatic rings. The lowest BCUT2D eigenvalue weighted by molar-refractivity contribution is 0.553. The van der Waals surface area contributed by atoms with Crippen LogP contribution in [0.5, 0.6) is 0 Å². The molecule has 0 amide bonds. The molecule has 0 heterocycles. The molecule has 0 atom stereocenters. The van der Waals surface area contributed by atoms with Gasteiger partial charge in [-0.15, -0.1) is 11.6 Å². The zero-order valence-electron chi connectivity index (χ0n) is 7.85. The monoisotopic (exact) mass is 225 g/mol. The number of sulfone groups is 1. The molecule has 1 aliphatic carbocycles. The molecule has 5 heteroatoms. The van der Waals surface area contributed by atoms with Crippen LogP contribution in [0.25, 0.3) is 0 Å². The second kappa shape index (κ2) is 4.15. The van der Waals surface area contributed by atoms with Crippen LogP contribution in [0.1, 0.15) is 19.8 Å². The Morgan fingerprint density at radius 1 is 1.46 bits per heavy atom. The summed E-state index contributed by atoms with van der Waals surface area (Å²) in [5.74, 6) is 1.03. The molecule has 0 aromatic rings. The molecule has 1 rings (SSSR count). The highest BCUT2D eigenvalue weighted by atomic mass is 35.5. The molecule has 78 valence electrons. The largest absolute Gasteiger partial charge is 0.309 e. The number of alkyl halides is 1. The molecule has 0 saturated heterocycles. The molecular formula is C8H16ClNO2S. The Kier molecular flexibility index (Phi) is 3.60. The van der Waals surface area contributed by atoms with Gasteiger partial charge in [-0.1, -0.05) is 6.92 Å². The van der Waals surface area contributed by atoms with Crippen LogP contribution >= 0.6 is 11.6 Å². The van der Waals surface area contributed by atoms with Crippen LogP contribution in [0, 0.1) is 0 Å². The lowest BCUT2D eigenvalue weighted by Gasteiger charge is -2.13. The molecule has 1 N–H and O–H groups in total. The quantitative estimate of drug-likeness (QED) is 0.680. The Balaban J connectivity index is 2.21. The van der Waals surface area contributed by atoms with Gasteiger partial charge in [0.15, 0.2) is 9.84 Å². The van der Waals surface area contributed by atoms with Crippen molar-refractivity contribution in [2.24, 2.45) is 0 Å². The number of nitrogens with one attached hydrogen (secondary N) is 1. The molecule has 1 saturated carbocycles. The van der Waals surface area contributed by atoms with E-state index in [0.717, 1.165) is 12.8 Å². The van der Waals surface area contributed by atoms with Crippen LogP contribution in [0.2, 0.25) is 0 Å². The molecule has 13 heavy (non-hydrogen) atoms. The molecule has 0 aromatic carbocycles. The van der Waals surface area contributed by atoms with Crippen LogP contribution in [0.15, 0.2) is 0 Å². The summed E-state index contributed by atoms with van der Waals surface area (Å²) in [5.41, 5.74) is 0.0603. The maximum Gasteiger partial charge on any atom is 0.151 e. The van der Waals surface area contributed by atoms with Gasteiger partial charge in [-0.05, 0) is 12.8 Å². The van der Waals surface area contributed by atoms with Crippen molar-refractivity contribution in [2.45, 2.75) is 25.3 Å². The normalized spacial score (nSPS) is 20.2. The predicted molar refractivity (Wildman–Crippen MR) is 55.0 cm³/mol. The van der Waals surface area contributed by atoms with E-state index < -0.39 is 9.84 Å². The van der Waals surface area contributed by atoms with Crippen LogP contribution in [-0.4, -0.2) is 37.9 Å². The van der Waals surface area contributed by atoms with E-state index in [-0.39, 0.29) is 17.0 Å². The van der Waals surface area contributed by atoms with Crippen molar-refractivity contribution in [3.63, 3.8) is 0 Å². The Hall–Kier alpha value is 0.200. The summed E-state index contributed by atoms with van der Waals surface area (Å²) in [6, 6.07) is 0. The summed E-state index contributed by atoms with van der Waals surface area (Å²) in [7, 11) is -2.83. The van der Waals surface area contributed by atoms with E-state index in [4.69, 9.17) is 11.6 Å². The van der Waals surface area contributed by atoms with Crippen LogP contribution in [0.4, 0.5) is 0 Å². The van der Waals surface area contributed by atoms with Crippen molar-refractivity contribution in [1.82, 2.24) is 5.32 Å². The van der Waals surface area contributed by atoms with E-state index in [1.54, 1.807) is 6.92 Å². The Bertz CT molecular complexity index is 259. The fraction of sp³-hybridized carbons (Fsp3) is 1.00. The lowest BCUT2D eigenvalue weighted by atomic mass is 10.3. The Labute approximate surface area is 84.8 Å². The standard InChI is InChI=1S/C8H16ClNO2S/c1-2-13(11,12)6-5-10-8(7-9)3-4-8/h10H,2-7H2,1H3. The topological polar surface area (TPSA) is 46.2 Å². The summed E-state index contributed by atoms with van der Waals surface area (Å²) >= 11 is 5.73. The van der Waals surface area contributed by atoms with Gasteiger partial charge in [-0.2, -0.15) is 0 Å². The Morgan fingerprint density at radius 2 is 2.08 bits per heavy atom. The zero-order valence-corrected chi connectivity index (χ0v) is 9.42. The molecule has 0 aromatic heterocycles. The second-order valence-corrected chi connectivity index (χ2v) is 6.32. The van der Waals surface area contributed by atoms with Gasteiger partial charge in [0.1, 0.15) is 0 Å². The minimum Gasteiger partial charge on any atom is -0.309 e. The summed E-state index contributed by atoms with van der Waals surface area (Å²) in [6.45, 7) is 2.20. The highest BCUT2D eigenvalue weighted by Gasteiger charge is 2.41. The first-order valence-electron chi connectivity index (χ1n) is 4.55. The molecule has 0 bridgehead atoms. The molecule has 0 aliphatic heterocycles. The first kappa shape index (κ1) is 11.3. The van der Waals surface area contributed by atoms with Crippen molar-refractivity contribution in [2.75, 3.05) is 23.9 Å². The molecule has 1 fully saturated rings. The van der Waals surface area contributed by atoms with Crippen molar-refractivity contribution in [1.29, 1.82) is 0 Å². The van der Waals surface area contributed by atoms with Gasteiger partial charge in [0.25, 0.3) is 0 Å². The van der Waals surface area contributed by atoms with E-state index >= 15 is 0 Å². The third-order valence-corrected chi connectivity index (χ3v) is 4.68. The summed E-state index contributed by atoms with van der Waals surface area (Å²) in [4.78, 5) is 0. The van der Waals surface area contributed by atoms with Gasteiger partial charge in [-0.25, -0.2) is 8.42 Å². The van der Waals surface area contributed by atoms with Crippen molar-refractivity contribution in [3.05, 3.63) is 0 Å². The maximum absolute atomic E-state index is 11.1. The maximum atomic E-state index is 11.1. The molecule has 0 unspecified atom stereocenters. The van der Waals surface area contributed by atoms with Crippen LogP contribution in [0.3, 0.4) is 0 Å². The fourth-order valence-electron chi connectivity index (χ4n) is 1.12. The van der Waals surface area contributed by atoms with E-state index in [1.165, 1.54) is 0 Å². The molecular weight excluding hydrogens is 210 g/mol. The lowest BCUT2D eigenvalue weighted by Crippen LogP contribution is -2.36. The van der Waals surface area contributed by atoms with Crippen molar-refractivity contribution < 1.29 is 8.42 Å². The van der Waals surface area contributed by atoms with E-state index in [9.17, 15) is 8.42 Å². The van der Waals surface area contributed by atoms with Crippen molar-refractivity contribution >= 4 is 21.4 Å². The highest BCUT2D eigenvalue weighted by molar-refractivity contribution is 7.91. The van der Waals surface area contributed by atoms with Gasteiger partial charge in [0.05, 0.1) is 5.75 Å². The second-order valence-electron chi connectivity index (χ2n) is 3.58. The van der Waals surface area contributed by atoms with Gasteiger partial charge in [0, 0.05) is 23.7 Å². The first-order valence-corrected chi connectivity index (χ1v) is 6.91. The number of hydrogen-bond donors (Lipinski definition) is 1. The van der Waals surface area contributed by atoms with Gasteiger partial charge in [-0.3, -0.25) is 0 Å².